The predicted molar refractivity (Wildman–Crippen MR) is 110 cm³/mol. The van der Waals surface area contributed by atoms with Crippen LogP contribution in [0.15, 0.2) is 30.3 Å². The molecule has 0 aliphatic heterocycles. The summed E-state index contributed by atoms with van der Waals surface area (Å²) >= 11 is 0. The van der Waals surface area contributed by atoms with Gasteiger partial charge in [0.05, 0.1) is 5.92 Å². The zero-order valence-electron chi connectivity index (χ0n) is 17.6. The van der Waals surface area contributed by atoms with Crippen LogP contribution >= 0.6 is 0 Å². The average Bonchev–Trinajstić information content (AvgIpc) is 2.83. The second-order valence-electron chi connectivity index (χ2n) is 10.0. The maximum atomic E-state index is 13.1. The predicted octanol–water partition coefficient (Wildman–Crippen LogP) is 6.16. The summed E-state index contributed by atoms with van der Waals surface area (Å²) in [5.41, 5.74) is 8.92. The number of rotatable bonds is 1. The van der Waals surface area contributed by atoms with Crippen molar-refractivity contribution in [2.45, 2.75) is 78.6 Å². The molecule has 0 heterocycles. The van der Waals surface area contributed by atoms with Crippen molar-refractivity contribution in [3.05, 3.63) is 69.3 Å². The molecule has 1 atom stereocenters. The summed E-state index contributed by atoms with van der Waals surface area (Å²) in [7, 11) is 0. The molecule has 1 aliphatic rings. The van der Waals surface area contributed by atoms with Crippen LogP contribution < -0.4 is 0 Å². The van der Waals surface area contributed by atoms with Crippen LogP contribution in [0.1, 0.15) is 86.4 Å². The van der Waals surface area contributed by atoms with E-state index >= 15 is 0 Å². The number of Topliss-reactive ketones (excluding diaryl/α,β-unsaturated/α-hetero) is 1. The Balaban J connectivity index is 2.26. The van der Waals surface area contributed by atoms with Gasteiger partial charge in [-0.1, -0.05) is 71.9 Å². The average molecular weight is 349 g/mol. The van der Waals surface area contributed by atoms with Gasteiger partial charge in [0, 0.05) is 6.42 Å². The second kappa shape index (κ2) is 6.08. The normalized spacial score (nSPS) is 17.5. The molecule has 1 heteroatoms. The Morgan fingerprint density at radius 3 is 2.04 bits per heavy atom. The van der Waals surface area contributed by atoms with E-state index in [1.807, 2.05) is 0 Å². The van der Waals surface area contributed by atoms with E-state index in [9.17, 15) is 4.79 Å². The second-order valence-corrected chi connectivity index (χ2v) is 10.0. The van der Waals surface area contributed by atoms with Gasteiger partial charge in [-0.2, -0.15) is 0 Å². The van der Waals surface area contributed by atoms with Gasteiger partial charge in [0.2, 0.25) is 0 Å². The molecule has 2 aromatic carbocycles. The Morgan fingerprint density at radius 1 is 0.846 bits per heavy atom. The number of hydrogen-bond acceptors (Lipinski definition) is 1. The highest BCUT2D eigenvalue weighted by Crippen LogP contribution is 2.43. The molecule has 1 nitrogen and oxygen atoms in total. The number of carbonyl (C=O) groups is 1. The first-order chi connectivity index (χ1) is 11.9. The minimum atomic E-state index is -0.118. The first-order valence-electron chi connectivity index (χ1n) is 9.67. The molecule has 0 bridgehead atoms. The highest BCUT2D eigenvalue weighted by molar-refractivity contribution is 5.96. The van der Waals surface area contributed by atoms with Crippen molar-refractivity contribution in [1.29, 1.82) is 0 Å². The number of carbonyl (C=O) groups excluding carboxylic acids is 1. The molecule has 0 spiro atoms. The third-order valence-corrected chi connectivity index (χ3v) is 5.81. The van der Waals surface area contributed by atoms with Gasteiger partial charge in [-0.3, -0.25) is 4.79 Å². The molecule has 1 unspecified atom stereocenters. The van der Waals surface area contributed by atoms with Gasteiger partial charge >= 0.3 is 0 Å². The van der Waals surface area contributed by atoms with Crippen LogP contribution in [0.4, 0.5) is 0 Å². The third-order valence-electron chi connectivity index (χ3n) is 5.81. The fourth-order valence-electron chi connectivity index (χ4n) is 4.01. The quantitative estimate of drug-likeness (QED) is 0.603. The number of fused-ring (bicyclic) bond motifs is 1. The van der Waals surface area contributed by atoms with Gasteiger partial charge in [-0.05, 0) is 63.6 Å². The molecule has 26 heavy (non-hydrogen) atoms. The Bertz CT molecular complexity index is 872. The Labute approximate surface area is 158 Å². The molecule has 1 aliphatic carbocycles. The van der Waals surface area contributed by atoms with Crippen molar-refractivity contribution in [2.24, 2.45) is 0 Å². The van der Waals surface area contributed by atoms with Crippen molar-refractivity contribution < 1.29 is 4.79 Å². The van der Waals surface area contributed by atoms with Crippen molar-refractivity contribution in [3.63, 3.8) is 0 Å². The van der Waals surface area contributed by atoms with E-state index in [1.165, 1.54) is 33.4 Å². The highest BCUT2D eigenvalue weighted by Gasteiger charge is 2.37. The smallest absolute Gasteiger partial charge is 0.149 e. The van der Waals surface area contributed by atoms with Crippen LogP contribution in [0, 0.1) is 13.8 Å². The van der Waals surface area contributed by atoms with Gasteiger partial charge in [0.1, 0.15) is 5.78 Å². The molecule has 0 N–H and O–H groups in total. The molecule has 138 valence electrons. The number of aryl methyl sites for hydroxylation is 2. The van der Waals surface area contributed by atoms with E-state index in [-0.39, 0.29) is 16.7 Å². The van der Waals surface area contributed by atoms with Crippen LogP contribution in [0.25, 0.3) is 0 Å². The summed E-state index contributed by atoms with van der Waals surface area (Å²) < 4.78 is 0. The van der Waals surface area contributed by atoms with E-state index in [1.54, 1.807) is 0 Å². The van der Waals surface area contributed by atoms with Crippen molar-refractivity contribution in [1.82, 2.24) is 0 Å². The molecule has 0 amide bonds. The van der Waals surface area contributed by atoms with E-state index in [0.717, 1.165) is 5.56 Å². The summed E-state index contributed by atoms with van der Waals surface area (Å²) in [6.07, 6.45) is 0.559. The lowest BCUT2D eigenvalue weighted by Crippen LogP contribution is -2.19. The number of ketones is 1. The van der Waals surface area contributed by atoms with Crippen molar-refractivity contribution in [3.8, 4) is 0 Å². The lowest BCUT2D eigenvalue weighted by Gasteiger charge is -2.28. The topological polar surface area (TPSA) is 17.1 Å². The molecular formula is C25H32O. The Morgan fingerprint density at radius 2 is 1.50 bits per heavy atom. The molecule has 0 saturated heterocycles. The highest BCUT2D eigenvalue weighted by atomic mass is 16.1. The van der Waals surface area contributed by atoms with E-state index in [0.29, 0.717) is 12.2 Å². The molecule has 0 radical (unpaired) electrons. The minimum absolute atomic E-state index is 0.0315. The molecule has 2 aromatic rings. The fourth-order valence-corrected chi connectivity index (χ4v) is 4.01. The molecule has 0 saturated carbocycles. The summed E-state index contributed by atoms with van der Waals surface area (Å²) in [6.45, 7) is 17.8. The number of benzene rings is 2. The third kappa shape index (κ3) is 3.24. The lowest BCUT2D eigenvalue weighted by molar-refractivity contribution is -0.118. The van der Waals surface area contributed by atoms with Crippen LogP contribution in [-0.4, -0.2) is 5.78 Å². The summed E-state index contributed by atoms with van der Waals surface area (Å²) in [4.78, 5) is 13.1. The van der Waals surface area contributed by atoms with Gasteiger partial charge in [0.15, 0.2) is 0 Å². The van der Waals surface area contributed by atoms with Crippen molar-refractivity contribution in [2.75, 3.05) is 0 Å². The molecule has 0 aromatic heterocycles. The molecule has 0 fully saturated rings. The van der Waals surface area contributed by atoms with Gasteiger partial charge in [0.25, 0.3) is 0 Å². The minimum Gasteiger partial charge on any atom is -0.298 e. The van der Waals surface area contributed by atoms with Crippen LogP contribution in [0.2, 0.25) is 0 Å². The summed E-state index contributed by atoms with van der Waals surface area (Å²) in [6, 6.07) is 11.1. The zero-order chi connectivity index (χ0) is 19.4. The van der Waals surface area contributed by atoms with Crippen LogP contribution in [-0.2, 0) is 22.0 Å². The Kier molecular flexibility index (Phi) is 4.42. The van der Waals surface area contributed by atoms with Crippen LogP contribution in [0.5, 0.6) is 0 Å². The van der Waals surface area contributed by atoms with E-state index in [2.05, 4.69) is 85.7 Å². The van der Waals surface area contributed by atoms with E-state index in [4.69, 9.17) is 0 Å². The van der Waals surface area contributed by atoms with Gasteiger partial charge in [-0.15, -0.1) is 0 Å². The first kappa shape index (κ1) is 18.9. The standard InChI is InChI=1S/C25H32O/c1-15-9-10-17(11-16(15)2)23-20-12-18(24(3,4)5)13-21(25(6,7)8)19(20)14-22(23)26/h9-13,23H,14H2,1-8H3. The Hall–Kier alpha value is -1.89. The molecular weight excluding hydrogens is 316 g/mol. The van der Waals surface area contributed by atoms with Crippen LogP contribution in [0.3, 0.4) is 0 Å². The monoisotopic (exact) mass is 348 g/mol. The zero-order valence-corrected chi connectivity index (χ0v) is 17.6. The first-order valence-corrected chi connectivity index (χ1v) is 9.67. The molecule has 3 rings (SSSR count). The van der Waals surface area contributed by atoms with Crippen molar-refractivity contribution >= 4 is 5.78 Å². The summed E-state index contributed by atoms with van der Waals surface area (Å²) in [5.74, 6) is 0.215. The SMILES string of the molecule is Cc1ccc(C2C(=O)Cc3c2cc(C(C)(C)C)cc3C(C)(C)C)cc1C. The van der Waals surface area contributed by atoms with E-state index < -0.39 is 0 Å². The summed E-state index contributed by atoms with van der Waals surface area (Å²) in [5, 5.41) is 0. The van der Waals surface area contributed by atoms with Gasteiger partial charge < -0.3 is 0 Å². The number of hydrogen-bond donors (Lipinski definition) is 0. The lowest BCUT2D eigenvalue weighted by atomic mass is 9.76. The largest absolute Gasteiger partial charge is 0.298 e. The maximum Gasteiger partial charge on any atom is 0.149 e. The maximum absolute atomic E-state index is 13.1. The fraction of sp³-hybridized carbons (Fsp3) is 0.480. The van der Waals surface area contributed by atoms with Gasteiger partial charge in [-0.25, -0.2) is 0 Å².